The summed E-state index contributed by atoms with van der Waals surface area (Å²) in [6.45, 7) is 0. The van der Waals surface area contributed by atoms with E-state index in [-0.39, 0.29) is 16.4 Å². The minimum atomic E-state index is -0.694. The van der Waals surface area contributed by atoms with E-state index in [0.29, 0.717) is 0 Å². The van der Waals surface area contributed by atoms with Crippen LogP contribution in [0.3, 0.4) is 0 Å². The number of pyridine rings is 2. The Morgan fingerprint density at radius 3 is 2.67 bits per heavy atom. The number of aromatic nitrogens is 2. The van der Waals surface area contributed by atoms with E-state index in [2.05, 4.69) is 16.0 Å². The molecule has 0 aliphatic rings. The lowest BCUT2D eigenvalue weighted by atomic mass is 10.2. The maximum atomic E-state index is 13.3. The molecule has 0 bridgehead atoms. The van der Waals surface area contributed by atoms with Gasteiger partial charge < -0.3 is 0 Å². The predicted molar refractivity (Wildman–Crippen MR) is 51.2 cm³/mol. The molecule has 0 saturated carbocycles. The second-order valence-corrected chi connectivity index (χ2v) is 3.11. The first kappa shape index (κ1) is 9.98. The summed E-state index contributed by atoms with van der Waals surface area (Å²) in [6, 6.07) is 4.86. The first-order valence-electron chi connectivity index (χ1n) is 4.02. The molecule has 2 aromatic heterocycles. The van der Waals surface area contributed by atoms with E-state index < -0.39 is 11.6 Å². The zero-order valence-electron chi connectivity index (χ0n) is 7.34. The van der Waals surface area contributed by atoms with E-state index in [1.165, 1.54) is 18.3 Å². The first-order chi connectivity index (χ1) is 7.18. The van der Waals surface area contributed by atoms with Crippen LogP contribution in [0.2, 0.25) is 5.02 Å². The van der Waals surface area contributed by atoms with Gasteiger partial charge in [0.2, 0.25) is 0 Å². The van der Waals surface area contributed by atoms with Crippen molar-refractivity contribution in [3.8, 4) is 11.4 Å². The van der Waals surface area contributed by atoms with Crippen molar-refractivity contribution < 1.29 is 8.78 Å². The summed E-state index contributed by atoms with van der Waals surface area (Å²) in [4.78, 5) is 7.44. The van der Waals surface area contributed by atoms with Crippen LogP contribution in [0.5, 0.6) is 0 Å². The van der Waals surface area contributed by atoms with E-state index in [1.54, 1.807) is 0 Å². The van der Waals surface area contributed by atoms with Gasteiger partial charge in [-0.3, -0.25) is 4.98 Å². The lowest BCUT2D eigenvalue weighted by Gasteiger charge is -2.02. The molecule has 2 rings (SSSR count). The summed E-state index contributed by atoms with van der Waals surface area (Å²) < 4.78 is 25.9. The first-order valence-corrected chi connectivity index (χ1v) is 4.40. The topological polar surface area (TPSA) is 25.8 Å². The molecule has 0 amide bonds. The van der Waals surface area contributed by atoms with E-state index >= 15 is 0 Å². The molecule has 0 spiro atoms. The summed E-state index contributed by atoms with van der Waals surface area (Å²) in [6.07, 6.45) is 2.31. The molecule has 2 heterocycles. The quantitative estimate of drug-likeness (QED) is 0.746. The highest BCUT2D eigenvalue weighted by atomic mass is 35.5. The fraction of sp³-hybridized carbons (Fsp3) is 0. The molecule has 15 heavy (non-hydrogen) atoms. The lowest BCUT2D eigenvalue weighted by molar-refractivity contribution is 0.615. The van der Waals surface area contributed by atoms with Crippen LogP contribution < -0.4 is 0 Å². The van der Waals surface area contributed by atoms with E-state index in [4.69, 9.17) is 11.6 Å². The smallest absolute Gasteiger partial charge is 0.151 e. The summed E-state index contributed by atoms with van der Waals surface area (Å²) in [7, 11) is 0. The Labute approximate surface area is 89.6 Å². The van der Waals surface area contributed by atoms with Gasteiger partial charge in [-0.15, -0.1) is 0 Å². The Hall–Kier alpha value is -1.55. The molecule has 0 fully saturated rings. The fourth-order valence-corrected chi connectivity index (χ4v) is 1.33. The second-order valence-electron chi connectivity index (χ2n) is 2.73. The molecule has 0 saturated heterocycles. The van der Waals surface area contributed by atoms with Crippen molar-refractivity contribution >= 4 is 11.6 Å². The Morgan fingerprint density at radius 2 is 2.00 bits per heavy atom. The van der Waals surface area contributed by atoms with Gasteiger partial charge in [-0.05, 0) is 12.1 Å². The zero-order chi connectivity index (χ0) is 10.8. The van der Waals surface area contributed by atoms with Gasteiger partial charge >= 0.3 is 0 Å². The lowest BCUT2D eigenvalue weighted by Crippen LogP contribution is -1.93. The average molecular weight is 226 g/mol. The van der Waals surface area contributed by atoms with Gasteiger partial charge in [0.05, 0.1) is 11.2 Å². The van der Waals surface area contributed by atoms with Gasteiger partial charge in [0.1, 0.15) is 11.4 Å². The Balaban J connectivity index is 2.60. The molecule has 0 atom stereocenters. The van der Waals surface area contributed by atoms with Crippen LogP contribution in [0.4, 0.5) is 8.78 Å². The minimum Gasteiger partial charge on any atom is -0.251 e. The highest BCUT2D eigenvalue weighted by Gasteiger charge is 2.12. The van der Waals surface area contributed by atoms with Gasteiger partial charge in [-0.1, -0.05) is 11.6 Å². The number of rotatable bonds is 1. The van der Waals surface area contributed by atoms with Gasteiger partial charge in [0, 0.05) is 12.3 Å². The molecule has 1 radical (unpaired) electrons. The summed E-state index contributed by atoms with van der Waals surface area (Å²) in [5.74, 6) is -1.26. The Kier molecular flexibility index (Phi) is 2.60. The van der Waals surface area contributed by atoms with Crippen LogP contribution in [0.1, 0.15) is 0 Å². The molecule has 75 valence electrons. The fourth-order valence-electron chi connectivity index (χ4n) is 1.10. The minimum absolute atomic E-state index is 0.0150. The third-order valence-corrected chi connectivity index (χ3v) is 2.00. The molecule has 2 aromatic rings. The molecule has 0 aliphatic heterocycles. The third kappa shape index (κ3) is 1.94. The molecule has 2 nitrogen and oxygen atoms in total. The van der Waals surface area contributed by atoms with Crippen LogP contribution in [0, 0.1) is 17.7 Å². The van der Waals surface area contributed by atoms with E-state index in [1.807, 2.05) is 0 Å². The number of halogens is 3. The van der Waals surface area contributed by atoms with Crippen molar-refractivity contribution in [2.45, 2.75) is 0 Å². The number of nitrogens with zero attached hydrogens (tertiary/aromatic N) is 2. The molecule has 5 heteroatoms. The summed E-state index contributed by atoms with van der Waals surface area (Å²) in [5.41, 5.74) is 0.0647. The van der Waals surface area contributed by atoms with Crippen molar-refractivity contribution in [3.05, 3.63) is 47.2 Å². The zero-order valence-corrected chi connectivity index (χ0v) is 8.09. The van der Waals surface area contributed by atoms with Gasteiger partial charge in [-0.25, -0.2) is 13.8 Å². The van der Waals surface area contributed by atoms with Crippen molar-refractivity contribution in [2.24, 2.45) is 0 Å². The maximum absolute atomic E-state index is 13.3. The van der Waals surface area contributed by atoms with Gasteiger partial charge in [0.25, 0.3) is 0 Å². The molecule has 0 unspecified atom stereocenters. The van der Waals surface area contributed by atoms with Crippen molar-refractivity contribution in [1.29, 1.82) is 0 Å². The highest BCUT2D eigenvalue weighted by Crippen LogP contribution is 2.25. The number of hydrogen-bond donors (Lipinski definition) is 0. The van der Waals surface area contributed by atoms with Crippen LogP contribution in [0.15, 0.2) is 24.5 Å². The standard InChI is InChI=1S/C10H4ClF2N2/c11-7-4-6(12)5-15-9(7)10-8(13)2-1-3-14-10/h1-3,5H. The molecular weight excluding hydrogens is 222 g/mol. The monoisotopic (exact) mass is 225 g/mol. The van der Waals surface area contributed by atoms with Crippen LogP contribution in [0.25, 0.3) is 11.4 Å². The predicted octanol–water partition coefficient (Wildman–Crippen LogP) is 2.88. The highest BCUT2D eigenvalue weighted by molar-refractivity contribution is 6.32. The Morgan fingerprint density at radius 1 is 1.20 bits per heavy atom. The summed E-state index contributed by atoms with van der Waals surface area (Å²) >= 11 is 5.67. The van der Waals surface area contributed by atoms with Crippen LogP contribution in [-0.2, 0) is 0 Å². The largest absolute Gasteiger partial charge is 0.251 e. The molecule has 0 aliphatic carbocycles. The molecule has 0 N–H and O–H groups in total. The maximum Gasteiger partial charge on any atom is 0.151 e. The third-order valence-electron chi connectivity index (χ3n) is 1.73. The molecule has 0 aromatic carbocycles. The van der Waals surface area contributed by atoms with Crippen molar-refractivity contribution in [3.63, 3.8) is 0 Å². The van der Waals surface area contributed by atoms with Gasteiger partial charge in [0.15, 0.2) is 11.6 Å². The van der Waals surface area contributed by atoms with Crippen molar-refractivity contribution in [2.75, 3.05) is 0 Å². The number of hydrogen-bond acceptors (Lipinski definition) is 2. The average Bonchev–Trinajstić information content (AvgIpc) is 2.20. The normalized spacial score (nSPS) is 10.3. The van der Waals surface area contributed by atoms with E-state index in [0.717, 1.165) is 6.20 Å². The Bertz CT molecular complexity index is 503. The van der Waals surface area contributed by atoms with Gasteiger partial charge in [-0.2, -0.15) is 0 Å². The van der Waals surface area contributed by atoms with Crippen molar-refractivity contribution in [1.82, 2.24) is 9.97 Å². The molecular formula is C10H4ClF2N2. The van der Waals surface area contributed by atoms with E-state index in [9.17, 15) is 8.78 Å². The second kappa shape index (κ2) is 3.90. The summed E-state index contributed by atoms with van der Waals surface area (Å²) in [5, 5.41) is -0.0902. The SMILES string of the molecule is Fc1[c]c(Cl)c(-c2ncccc2F)nc1. The van der Waals surface area contributed by atoms with Crippen LogP contribution >= 0.6 is 11.6 Å². The van der Waals surface area contributed by atoms with Crippen LogP contribution in [-0.4, -0.2) is 9.97 Å².